The Morgan fingerprint density at radius 3 is 2.76 bits per heavy atom. The lowest BCUT2D eigenvalue weighted by atomic mass is 10.1. The number of hydrogen-bond acceptors (Lipinski definition) is 2. The van der Waals surface area contributed by atoms with E-state index in [1.165, 1.54) is 12.1 Å². The summed E-state index contributed by atoms with van der Waals surface area (Å²) >= 11 is 3.16. The van der Waals surface area contributed by atoms with Crippen molar-refractivity contribution in [2.24, 2.45) is 0 Å². The SMILES string of the molecule is CCc1ccccc1NC(=O)COc1ccc(Br)cc1F. The van der Waals surface area contributed by atoms with Crippen molar-refractivity contribution in [2.75, 3.05) is 11.9 Å². The molecule has 0 atom stereocenters. The predicted molar refractivity (Wildman–Crippen MR) is 84.0 cm³/mol. The summed E-state index contributed by atoms with van der Waals surface area (Å²) in [5.74, 6) is -0.776. The molecule has 3 nitrogen and oxygen atoms in total. The average Bonchev–Trinajstić information content (AvgIpc) is 2.47. The van der Waals surface area contributed by atoms with Gasteiger partial charge < -0.3 is 10.1 Å². The van der Waals surface area contributed by atoms with Crippen molar-refractivity contribution in [3.05, 3.63) is 58.3 Å². The van der Waals surface area contributed by atoms with E-state index in [1.807, 2.05) is 31.2 Å². The van der Waals surface area contributed by atoms with E-state index in [0.29, 0.717) is 4.47 Å². The number of nitrogens with one attached hydrogen (secondary N) is 1. The Hall–Kier alpha value is -1.88. The molecule has 0 aliphatic carbocycles. The highest BCUT2D eigenvalue weighted by Gasteiger charge is 2.09. The first kappa shape index (κ1) is 15.5. The highest BCUT2D eigenvalue weighted by atomic mass is 79.9. The quantitative estimate of drug-likeness (QED) is 0.877. The molecule has 0 aliphatic rings. The number of amides is 1. The molecule has 0 aromatic heterocycles. The molecule has 0 unspecified atom stereocenters. The number of carbonyl (C=O) groups is 1. The molecule has 21 heavy (non-hydrogen) atoms. The van der Waals surface area contributed by atoms with Crippen LogP contribution >= 0.6 is 15.9 Å². The standard InChI is InChI=1S/C16H15BrFNO2/c1-2-11-5-3-4-6-14(11)19-16(20)10-21-15-8-7-12(17)9-13(15)18/h3-9H,2,10H2,1H3,(H,19,20). The Morgan fingerprint density at radius 2 is 2.05 bits per heavy atom. The zero-order chi connectivity index (χ0) is 15.2. The summed E-state index contributed by atoms with van der Waals surface area (Å²) in [4.78, 5) is 11.9. The molecule has 0 aliphatic heterocycles. The van der Waals surface area contributed by atoms with Crippen molar-refractivity contribution >= 4 is 27.5 Å². The first-order valence-corrected chi connectivity index (χ1v) is 7.35. The summed E-state index contributed by atoms with van der Waals surface area (Å²) in [5, 5.41) is 2.77. The first-order valence-electron chi connectivity index (χ1n) is 6.55. The van der Waals surface area contributed by atoms with Crippen LogP contribution in [0.4, 0.5) is 10.1 Å². The Bertz CT molecular complexity index is 646. The second-order valence-electron chi connectivity index (χ2n) is 4.42. The van der Waals surface area contributed by atoms with Crippen molar-refractivity contribution in [3.63, 3.8) is 0 Å². The molecule has 0 fully saturated rings. The lowest BCUT2D eigenvalue weighted by Crippen LogP contribution is -2.21. The van der Waals surface area contributed by atoms with Crippen molar-refractivity contribution in [2.45, 2.75) is 13.3 Å². The summed E-state index contributed by atoms with van der Waals surface area (Å²) in [6.07, 6.45) is 0.818. The van der Waals surface area contributed by atoms with Crippen molar-refractivity contribution < 1.29 is 13.9 Å². The van der Waals surface area contributed by atoms with Crippen LogP contribution in [0.25, 0.3) is 0 Å². The molecule has 0 saturated carbocycles. The van der Waals surface area contributed by atoms with Gasteiger partial charge in [0.2, 0.25) is 0 Å². The van der Waals surface area contributed by atoms with Gasteiger partial charge in [-0.15, -0.1) is 0 Å². The smallest absolute Gasteiger partial charge is 0.262 e. The molecule has 110 valence electrons. The number of ether oxygens (including phenoxy) is 1. The molecular weight excluding hydrogens is 337 g/mol. The number of hydrogen-bond donors (Lipinski definition) is 1. The van der Waals surface area contributed by atoms with Crippen LogP contribution < -0.4 is 10.1 Å². The Morgan fingerprint density at radius 1 is 1.29 bits per heavy atom. The largest absolute Gasteiger partial charge is 0.481 e. The molecular formula is C16H15BrFNO2. The predicted octanol–water partition coefficient (Wildman–Crippen LogP) is 4.17. The number of halogens is 2. The van der Waals surface area contributed by atoms with Crippen LogP contribution in [-0.4, -0.2) is 12.5 Å². The van der Waals surface area contributed by atoms with Gasteiger partial charge in [0.05, 0.1) is 0 Å². The van der Waals surface area contributed by atoms with E-state index < -0.39 is 5.82 Å². The second-order valence-corrected chi connectivity index (χ2v) is 5.34. The lowest BCUT2D eigenvalue weighted by Gasteiger charge is -2.11. The van der Waals surface area contributed by atoms with E-state index in [9.17, 15) is 9.18 Å². The summed E-state index contributed by atoms with van der Waals surface area (Å²) in [7, 11) is 0. The van der Waals surface area contributed by atoms with Gasteiger partial charge in [-0.3, -0.25) is 4.79 Å². The molecule has 1 N–H and O–H groups in total. The van der Waals surface area contributed by atoms with Gasteiger partial charge >= 0.3 is 0 Å². The zero-order valence-electron chi connectivity index (χ0n) is 11.5. The minimum absolute atomic E-state index is 0.0529. The number of anilines is 1. The minimum Gasteiger partial charge on any atom is -0.481 e. The number of rotatable bonds is 5. The summed E-state index contributed by atoms with van der Waals surface area (Å²) < 4.78 is 19.4. The summed E-state index contributed by atoms with van der Waals surface area (Å²) in [6, 6.07) is 12.0. The topological polar surface area (TPSA) is 38.3 Å². The van der Waals surface area contributed by atoms with Crippen LogP contribution in [0.2, 0.25) is 0 Å². The van der Waals surface area contributed by atoms with Gasteiger partial charge in [-0.05, 0) is 36.2 Å². The van der Waals surface area contributed by atoms with Gasteiger partial charge in [0.25, 0.3) is 5.91 Å². The average molecular weight is 352 g/mol. The molecule has 0 bridgehead atoms. The summed E-state index contributed by atoms with van der Waals surface area (Å²) in [6.45, 7) is 1.77. The molecule has 0 radical (unpaired) electrons. The van der Waals surface area contributed by atoms with Gasteiger partial charge in [0.1, 0.15) is 0 Å². The molecule has 0 heterocycles. The van der Waals surface area contributed by atoms with Crippen LogP contribution in [0.3, 0.4) is 0 Å². The summed E-state index contributed by atoms with van der Waals surface area (Å²) in [5.41, 5.74) is 1.80. The van der Waals surface area contributed by atoms with E-state index in [-0.39, 0.29) is 18.3 Å². The van der Waals surface area contributed by atoms with Gasteiger partial charge in [0, 0.05) is 10.2 Å². The fourth-order valence-electron chi connectivity index (χ4n) is 1.87. The zero-order valence-corrected chi connectivity index (χ0v) is 13.1. The van der Waals surface area contributed by atoms with E-state index >= 15 is 0 Å². The Balaban J connectivity index is 1.96. The molecule has 0 saturated heterocycles. The van der Waals surface area contributed by atoms with E-state index in [1.54, 1.807) is 6.07 Å². The number of benzene rings is 2. The Kier molecular flexibility index (Phi) is 5.33. The van der Waals surface area contributed by atoms with Crippen molar-refractivity contribution in [1.29, 1.82) is 0 Å². The third-order valence-corrected chi connectivity index (χ3v) is 3.42. The van der Waals surface area contributed by atoms with Gasteiger partial charge in [-0.1, -0.05) is 41.1 Å². The number of carbonyl (C=O) groups excluding carboxylic acids is 1. The molecule has 2 aromatic carbocycles. The van der Waals surface area contributed by atoms with Gasteiger partial charge in [0.15, 0.2) is 18.2 Å². The molecule has 5 heteroatoms. The molecule has 2 aromatic rings. The Labute approximate surface area is 131 Å². The highest BCUT2D eigenvalue weighted by molar-refractivity contribution is 9.10. The van der Waals surface area contributed by atoms with Crippen molar-refractivity contribution in [3.8, 4) is 5.75 Å². The minimum atomic E-state index is -0.508. The fraction of sp³-hybridized carbons (Fsp3) is 0.188. The molecule has 2 rings (SSSR count). The first-order chi connectivity index (χ1) is 10.1. The normalized spacial score (nSPS) is 10.2. The number of para-hydroxylation sites is 1. The van der Waals surface area contributed by atoms with E-state index in [0.717, 1.165) is 17.7 Å². The maximum atomic E-state index is 13.6. The van der Waals surface area contributed by atoms with Gasteiger partial charge in [-0.2, -0.15) is 0 Å². The van der Waals surface area contributed by atoms with E-state index in [2.05, 4.69) is 21.2 Å². The van der Waals surface area contributed by atoms with Crippen LogP contribution in [-0.2, 0) is 11.2 Å². The van der Waals surface area contributed by atoms with Crippen LogP contribution in [0, 0.1) is 5.82 Å². The molecule has 1 amide bonds. The maximum Gasteiger partial charge on any atom is 0.262 e. The monoisotopic (exact) mass is 351 g/mol. The number of aryl methyl sites for hydroxylation is 1. The van der Waals surface area contributed by atoms with Crippen LogP contribution in [0.1, 0.15) is 12.5 Å². The van der Waals surface area contributed by atoms with E-state index in [4.69, 9.17) is 4.74 Å². The second kappa shape index (κ2) is 7.22. The van der Waals surface area contributed by atoms with Crippen molar-refractivity contribution in [1.82, 2.24) is 0 Å². The maximum absolute atomic E-state index is 13.6. The fourth-order valence-corrected chi connectivity index (χ4v) is 2.21. The highest BCUT2D eigenvalue weighted by Crippen LogP contribution is 2.21. The van der Waals surface area contributed by atoms with Crippen LogP contribution in [0.5, 0.6) is 5.75 Å². The third-order valence-electron chi connectivity index (χ3n) is 2.93. The van der Waals surface area contributed by atoms with Gasteiger partial charge in [-0.25, -0.2) is 4.39 Å². The lowest BCUT2D eigenvalue weighted by molar-refractivity contribution is -0.118. The molecule has 0 spiro atoms. The third kappa shape index (κ3) is 4.29. The van der Waals surface area contributed by atoms with Crippen LogP contribution in [0.15, 0.2) is 46.9 Å².